The first-order valence-corrected chi connectivity index (χ1v) is 7.87. The number of oxime groups is 1. The third-order valence-corrected chi connectivity index (χ3v) is 4.49. The molecule has 21 heavy (non-hydrogen) atoms. The summed E-state index contributed by atoms with van der Waals surface area (Å²) in [6, 6.07) is 13.7. The van der Waals surface area contributed by atoms with Gasteiger partial charge in [-0.05, 0) is 30.7 Å². The van der Waals surface area contributed by atoms with Gasteiger partial charge in [-0.25, -0.2) is 0 Å². The summed E-state index contributed by atoms with van der Waals surface area (Å²) in [6.45, 7) is 1.44. The zero-order valence-corrected chi connectivity index (χ0v) is 13.1. The van der Waals surface area contributed by atoms with E-state index >= 15 is 0 Å². The van der Waals surface area contributed by atoms with Gasteiger partial charge >= 0.3 is 0 Å². The summed E-state index contributed by atoms with van der Waals surface area (Å²) in [5, 5.41) is 15.4. The van der Waals surface area contributed by atoms with E-state index < -0.39 is 0 Å². The summed E-state index contributed by atoms with van der Waals surface area (Å²) in [7, 11) is 0. The second-order valence-electron chi connectivity index (χ2n) is 4.65. The lowest BCUT2D eigenvalue weighted by Crippen LogP contribution is -2.32. The minimum absolute atomic E-state index is 0.136. The van der Waals surface area contributed by atoms with Crippen LogP contribution in [-0.2, 0) is 6.42 Å². The Labute approximate surface area is 133 Å². The molecule has 0 fully saturated rings. The summed E-state index contributed by atoms with van der Waals surface area (Å²) >= 11 is 7.49. The molecular weight excluding hydrogens is 306 g/mol. The Morgan fingerprint density at radius 3 is 2.67 bits per heavy atom. The molecular formula is C15H18ClN3OS. The van der Waals surface area contributed by atoms with E-state index in [1.165, 1.54) is 4.88 Å². The summed E-state index contributed by atoms with van der Waals surface area (Å²) < 4.78 is 0.809. The highest BCUT2D eigenvalue weighted by Crippen LogP contribution is 2.21. The zero-order valence-electron chi connectivity index (χ0n) is 11.5. The van der Waals surface area contributed by atoms with Crippen molar-refractivity contribution in [3.8, 4) is 0 Å². The number of rotatable bonds is 7. The zero-order chi connectivity index (χ0) is 15.1. The van der Waals surface area contributed by atoms with E-state index in [9.17, 15) is 0 Å². The molecule has 6 heteroatoms. The van der Waals surface area contributed by atoms with E-state index in [2.05, 4.69) is 10.5 Å². The van der Waals surface area contributed by atoms with Gasteiger partial charge in [0.1, 0.15) is 5.84 Å². The molecule has 1 aromatic carbocycles. The van der Waals surface area contributed by atoms with Gasteiger partial charge in [-0.2, -0.15) is 0 Å². The summed E-state index contributed by atoms with van der Waals surface area (Å²) in [4.78, 5) is 1.24. The molecule has 0 saturated heterocycles. The van der Waals surface area contributed by atoms with Crippen LogP contribution in [0.25, 0.3) is 0 Å². The number of amidine groups is 1. The lowest BCUT2D eigenvalue weighted by atomic mass is 9.98. The van der Waals surface area contributed by atoms with E-state index in [0.717, 1.165) is 22.9 Å². The van der Waals surface area contributed by atoms with Gasteiger partial charge < -0.3 is 16.3 Å². The van der Waals surface area contributed by atoms with E-state index in [0.29, 0.717) is 6.54 Å². The molecule has 0 bridgehead atoms. The van der Waals surface area contributed by atoms with E-state index in [1.54, 1.807) is 11.3 Å². The Morgan fingerprint density at radius 1 is 1.29 bits per heavy atom. The van der Waals surface area contributed by atoms with E-state index in [1.807, 2.05) is 42.5 Å². The Bertz CT molecular complexity index is 586. The number of nitrogens with two attached hydrogens (primary N) is 1. The van der Waals surface area contributed by atoms with Crippen molar-refractivity contribution in [3.05, 3.63) is 57.2 Å². The fourth-order valence-electron chi connectivity index (χ4n) is 2.09. The van der Waals surface area contributed by atoms with Gasteiger partial charge in [-0.15, -0.1) is 11.3 Å². The maximum absolute atomic E-state index is 8.93. The fourth-order valence-corrected chi connectivity index (χ4v) is 3.18. The molecule has 2 aromatic rings. The Hall–Kier alpha value is -1.56. The Kier molecular flexibility index (Phi) is 6.04. The van der Waals surface area contributed by atoms with Crippen molar-refractivity contribution in [1.82, 2.24) is 5.32 Å². The van der Waals surface area contributed by atoms with Crippen LogP contribution in [0.4, 0.5) is 0 Å². The molecule has 0 radical (unpaired) electrons. The van der Waals surface area contributed by atoms with Crippen molar-refractivity contribution in [3.63, 3.8) is 0 Å². The maximum Gasteiger partial charge on any atom is 0.147 e. The summed E-state index contributed by atoms with van der Waals surface area (Å²) in [5.41, 5.74) is 6.82. The molecule has 0 spiro atoms. The molecule has 4 nitrogen and oxygen atoms in total. The molecule has 1 atom stereocenters. The molecule has 2 rings (SSSR count). The normalized spacial score (nSPS) is 13.3. The first-order chi connectivity index (χ1) is 10.2. The van der Waals surface area contributed by atoms with Gasteiger partial charge in [-0.3, -0.25) is 0 Å². The molecule has 1 unspecified atom stereocenters. The van der Waals surface area contributed by atoms with Gasteiger partial charge in [0.15, 0.2) is 0 Å². The smallest absolute Gasteiger partial charge is 0.147 e. The van der Waals surface area contributed by atoms with Gasteiger partial charge in [0.25, 0.3) is 0 Å². The monoisotopic (exact) mass is 323 g/mol. The van der Waals surface area contributed by atoms with Crippen molar-refractivity contribution in [2.24, 2.45) is 10.9 Å². The van der Waals surface area contributed by atoms with Gasteiger partial charge in [-0.1, -0.05) is 47.1 Å². The van der Waals surface area contributed by atoms with Crippen LogP contribution in [0, 0.1) is 0 Å². The minimum atomic E-state index is -0.136. The highest BCUT2D eigenvalue weighted by molar-refractivity contribution is 7.16. The van der Waals surface area contributed by atoms with Crippen LogP contribution in [0.3, 0.4) is 0 Å². The average Bonchev–Trinajstić information content (AvgIpc) is 2.93. The molecule has 0 aliphatic carbocycles. The SMILES string of the molecule is N/C(=N/O)C(CNCCc1ccc(Cl)s1)c1ccccc1. The third-order valence-electron chi connectivity index (χ3n) is 3.20. The van der Waals surface area contributed by atoms with Crippen molar-refractivity contribution in [2.45, 2.75) is 12.3 Å². The van der Waals surface area contributed by atoms with Crippen LogP contribution in [0.1, 0.15) is 16.4 Å². The van der Waals surface area contributed by atoms with Crippen molar-refractivity contribution >= 4 is 28.8 Å². The van der Waals surface area contributed by atoms with Crippen LogP contribution in [0.5, 0.6) is 0 Å². The topological polar surface area (TPSA) is 70.6 Å². The van der Waals surface area contributed by atoms with E-state index in [-0.39, 0.29) is 11.8 Å². The van der Waals surface area contributed by atoms with E-state index in [4.69, 9.17) is 22.5 Å². The van der Waals surface area contributed by atoms with Crippen molar-refractivity contribution in [1.29, 1.82) is 0 Å². The summed E-state index contributed by atoms with van der Waals surface area (Å²) in [5.74, 6) is 0.0796. The van der Waals surface area contributed by atoms with Crippen molar-refractivity contribution < 1.29 is 5.21 Å². The first-order valence-electron chi connectivity index (χ1n) is 6.68. The number of hydrogen-bond acceptors (Lipinski definition) is 4. The quantitative estimate of drug-likeness (QED) is 0.241. The van der Waals surface area contributed by atoms with Crippen LogP contribution in [-0.4, -0.2) is 24.1 Å². The fraction of sp³-hybridized carbons (Fsp3) is 0.267. The largest absolute Gasteiger partial charge is 0.409 e. The standard InChI is InChI=1S/C15H18ClN3OS/c16-14-7-6-12(21-14)8-9-18-10-13(15(17)19-20)11-4-2-1-3-5-11/h1-7,13,18,20H,8-10H2,(H2,17,19). The number of thiophene rings is 1. The Balaban J connectivity index is 1.88. The van der Waals surface area contributed by atoms with Crippen molar-refractivity contribution in [2.75, 3.05) is 13.1 Å². The molecule has 4 N–H and O–H groups in total. The lowest BCUT2D eigenvalue weighted by Gasteiger charge is -2.16. The second-order valence-corrected chi connectivity index (χ2v) is 6.45. The van der Waals surface area contributed by atoms with Gasteiger partial charge in [0.05, 0.1) is 10.3 Å². The molecule has 0 aliphatic rings. The number of nitrogens with one attached hydrogen (secondary N) is 1. The van der Waals surface area contributed by atoms with Gasteiger partial charge in [0, 0.05) is 11.4 Å². The van der Waals surface area contributed by atoms with Crippen LogP contribution in [0.15, 0.2) is 47.6 Å². The number of hydrogen-bond donors (Lipinski definition) is 3. The number of benzene rings is 1. The highest BCUT2D eigenvalue weighted by Gasteiger charge is 2.15. The highest BCUT2D eigenvalue weighted by atomic mass is 35.5. The molecule has 0 aliphatic heterocycles. The molecule has 0 saturated carbocycles. The third kappa shape index (κ3) is 4.74. The summed E-state index contributed by atoms with van der Waals surface area (Å²) in [6.07, 6.45) is 0.912. The Morgan fingerprint density at radius 2 is 2.05 bits per heavy atom. The second kappa shape index (κ2) is 8.02. The molecule has 1 heterocycles. The number of nitrogens with zero attached hydrogens (tertiary/aromatic N) is 1. The minimum Gasteiger partial charge on any atom is -0.409 e. The predicted molar refractivity (Wildman–Crippen MR) is 88.5 cm³/mol. The molecule has 0 amide bonds. The first kappa shape index (κ1) is 15.8. The maximum atomic E-state index is 8.93. The van der Waals surface area contributed by atoms with Crippen LogP contribution < -0.4 is 11.1 Å². The molecule has 1 aromatic heterocycles. The predicted octanol–water partition coefficient (Wildman–Crippen LogP) is 3.06. The van der Waals surface area contributed by atoms with Gasteiger partial charge in [0.2, 0.25) is 0 Å². The van der Waals surface area contributed by atoms with Crippen LogP contribution in [0.2, 0.25) is 4.34 Å². The lowest BCUT2D eigenvalue weighted by molar-refractivity contribution is 0.315. The molecule has 112 valence electrons. The van der Waals surface area contributed by atoms with Crippen LogP contribution >= 0.6 is 22.9 Å². The average molecular weight is 324 g/mol. The number of halogens is 1.